The number of benzene rings is 1. The third-order valence-electron chi connectivity index (χ3n) is 4.05. The van der Waals surface area contributed by atoms with Gasteiger partial charge >= 0.3 is 0 Å². The Labute approximate surface area is 133 Å². The van der Waals surface area contributed by atoms with Crippen LogP contribution in [0.15, 0.2) is 30.6 Å². The maximum absolute atomic E-state index is 13.6. The summed E-state index contributed by atoms with van der Waals surface area (Å²) in [5.41, 5.74) is 0.366. The molecule has 0 spiro atoms. The van der Waals surface area contributed by atoms with Gasteiger partial charge in [-0.25, -0.2) is 13.8 Å². The second kappa shape index (κ2) is 6.97. The number of hydrogen-bond acceptors (Lipinski definition) is 4. The molecule has 3 rings (SSSR count). The summed E-state index contributed by atoms with van der Waals surface area (Å²) in [6, 6.07) is 3.65. The number of H-pyrrole nitrogens is 1. The summed E-state index contributed by atoms with van der Waals surface area (Å²) in [4.78, 5) is 6.40. The topological polar surface area (TPSA) is 54.0 Å². The molecule has 1 saturated heterocycles. The molecule has 0 unspecified atom stereocenters. The monoisotopic (exact) mass is 320 g/mol. The fraction of sp³-hybridized carbons (Fsp3) is 0.375. The van der Waals surface area contributed by atoms with Gasteiger partial charge in [-0.15, -0.1) is 0 Å². The zero-order chi connectivity index (χ0) is 16.2. The second-order valence-corrected chi connectivity index (χ2v) is 5.50. The molecule has 1 N–H and O–H groups in total. The van der Waals surface area contributed by atoms with Crippen LogP contribution in [0.3, 0.4) is 0 Å². The Morgan fingerprint density at radius 2 is 2.30 bits per heavy atom. The molecule has 122 valence electrons. The predicted molar refractivity (Wildman–Crippen MR) is 81.5 cm³/mol. The standard InChI is InChI=1S/C16H18F2N4O/c1-23-13-8-15(16-19-10-20-21-16)22(9-13)6-2-3-11-4-5-12(17)7-14(11)18/h2-5,7,10,13,15H,6,8-9H2,1H3,(H,19,20,21)/b3-2+/t13-,15+/m1/s1. The van der Waals surface area contributed by atoms with Crippen LogP contribution in [0.25, 0.3) is 6.08 Å². The smallest absolute Gasteiger partial charge is 0.141 e. The Morgan fingerprint density at radius 3 is 3.00 bits per heavy atom. The zero-order valence-electron chi connectivity index (χ0n) is 12.7. The molecule has 2 atom stereocenters. The number of likely N-dealkylation sites (tertiary alicyclic amines) is 1. The SMILES string of the molecule is CO[C@@H]1C[C@@H](c2ncn[nH]2)N(C/C=C/c2ccc(F)cc2F)C1. The van der Waals surface area contributed by atoms with E-state index >= 15 is 0 Å². The third kappa shape index (κ3) is 3.62. The molecule has 1 aromatic heterocycles. The van der Waals surface area contributed by atoms with Crippen molar-refractivity contribution < 1.29 is 13.5 Å². The number of methoxy groups -OCH3 is 1. The molecule has 2 aromatic rings. The highest BCUT2D eigenvalue weighted by Crippen LogP contribution is 2.30. The molecule has 0 bridgehead atoms. The van der Waals surface area contributed by atoms with E-state index in [4.69, 9.17) is 4.74 Å². The minimum absolute atomic E-state index is 0.0881. The van der Waals surface area contributed by atoms with Crippen molar-refractivity contribution in [2.24, 2.45) is 0 Å². The zero-order valence-corrected chi connectivity index (χ0v) is 12.7. The Kier molecular flexibility index (Phi) is 4.78. The van der Waals surface area contributed by atoms with Crippen molar-refractivity contribution in [3.8, 4) is 0 Å². The number of nitrogens with one attached hydrogen (secondary N) is 1. The number of aromatic amines is 1. The third-order valence-corrected chi connectivity index (χ3v) is 4.05. The summed E-state index contributed by atoms with van der Waals surface area (Å²) >= 11 is 0. The normalized spacial score (nSPS) is 22.2. The molecular formula is C16H18F2N4O. The molecule has 0 aliphatic carbocycles. The van der Waals surface area contributed by atoms with Gasteiger partial charge in [0.05, 0.1) is 12.1 Å². The lowest BCUT2D eigenvalue weighted by Gasteiger charge is -2.20. The first-order valence-corrected chi connectivity index (χ1v) is 7.41. The molecule has 0 radical (unpaired) electrons. The van der Waals surface area contributed by atoms with Gasteiger partial charge < -0.3 is 4.74 Å². The van der Waals surface area contributed by atoms with E-state index < -0.39 is 11.6 Å². The van der Waals surface area contributed by atoms with Gasteiger partial charge in [0.1, 0.15) is 23.8 Å². The van der Waals surface area contributed by atoms with Gasteiger partial charge in [0.25, 0.3) is 0 Å². The van der Waals surface area contributed by atoms with Crippen molar-refractivity contribution in [3.63, 3.8) is 0 Å². The van der Waals surface area contributed by atoms with Crippen molar-refractivity contribution in [2.75, 3.05) is 20.2 Å². The van der Waals surface area contributed by atoms with E-state index in [2.05, 4.69) is 20.1 Å². The Balaban J connectivity index is 1.69. The number of nitrogens with zero attached hydrogens (tertiary/aromatic N) is 3. The van der Waals surface area contributed by atoms with Gasteiger partial charge in [0.2, 0.25) is 0 Å². The van der Waals surface area contributed by atoms with E-state index in [-0.39, 0.29) is 12.1 Å². The van der Waals surface area contributed by atoms with E-state index in [0.717, 1.165) is 24.9 Å². The Morgan fingerprint density at radius 1 is 1.43 bits per heavy atom. The highest BCUT2D eigenvalue weighted by molar-refractivity contribution is 5.50. The predicted octanol–water partition coefficient (Wildman–Crippen LogP) is 2.56. The number of rotatable bonds is 5. The number of aromatic nitrogens is 3. The van der Waals surface area contributed by atoms with Gasteiger partial charge in [-0.1, -0.05) is 12.2 Å². The van der Waals surface area contributed by atoms with E-state index in [1.807, 2.05) is 6.08 Å². The van der Waals surface area contributed by atoms with Gasteiger partial charge in [0.15, 0.2) is 0 Å². The van der Waals surface area contributed by atoms with Crippen LogP contribution < -0.4 is 0 Å². The second-order valence-electron chi connectivity index (χ2n) is 5.50. The molecule has 2 heterocycles. The van der Waals surface area contributed by atoms with Crippen LogP contribution in [0, 0.1) is 11.6 Å². The quantitative estimate of drug-likeness (QED) is 0.920. The van der Waals surface area contributed by atoms with Crippen molar-refractivity contribution in [1.82, 2.24) is 20.1 Å². The van der Waals surface area contributed by atoms with Crippen LogP contribution in [0.5, 0.6) is 0 Å². The molecular weight excluding hydrogens is 302 g/mol. The molecule has 5 nitrogen and oxygen atoms in total. The number of hydrogen-bond donors (Lipinski definition) is 1. The number of ether oxygens (including phenoxy) is 1. The highest BCUT2D eigenvalue weighted by atomic mass is 19.1. The fourth-order valence-corrected chi connectivity index (χ4v) is 2.85. The van der Waals surface area contributed by atoms with E-state index in [1.54, 1.807) is 13.2 Å². The van der Waals surface area contributed by atoms with Crippen LogP contribution in [0.1, 0.15) is 23.9 Å². The molecule has 0 amide bonds. The molecule has 7 heteroatoms. The van der Waals surface area contributed by atoms with Gasteiger partial charge in [-0.05, 0) is 18.6 Å². The maximum Gasteiger partial charge on any atom is 0.141 e. The summed E-state index contributed by atoms with van der Waals surface area (Å²) < 4.78 is 32.0. The molecule has 0 saturated carbocycles. The first kappa shape index (κ1) is 15.8. The summed E-state index contributed by atoms with van der Waals surface area (Å²) in [6.45, 7) is 1.38. The lowest BCUT2D eigenvalue weighted by molar-refractivity contribution is 0.109. The average Bonchev–Trinajstić information content (AvgIpc) is 3.18. The van der Waals surface area contributed by atoms with Crippen molar-refractivity contribution in [2.45, 2.75) is 18.6 Å². The van der Waals surface area contributed by atoms with Gasteiger partial charge in [0, 0.05) is 31.8 Å². The molecule has 23 heavy (non-hydrogen) atoms. The van der Waals surface area contributed by atoms with Crippen molar-refractivity contribution in [1.29, 1.82) is 0 Å². The first-order valence-electron chi connectivity index (χ1n) is 7.41. The Hall–Kier alpha value is -2.12. The minimum atomic E-state index is -0.576. The fourth-order valence-electron chi connectivity index (χ4n) is 2.85. The molecule has 1 aliphatic heterocycles. The maximum atomic E-state index is 13.6. The van der Waals surface area contributed by atoms with E-state index in [9.17, 15) is 8.78 Å². The largest absolute Gasteiger partial charge is 0.380 e. The van der Waals surface area contributed by atoms with Crippen LogP contribution >= 0.6 is 0 Å². The van der Waals surface area contributed by atoms with Crippen LogP contribution in [-0.2, 0) is 4.74 Å². The Bertz CT molecular complexity index is 675. The first-order chi connectivity index (χ1) is 11.2. The van der Waals surface area contributed by atoms with Crippen molar-refractivity contribution >= 4 is 6.08 Å². The molecule has 1 aliphatic rings. The summed E-state index contributed by atoms with van der Waals surface area (Å²) in [5, 5.41) is 6.79. The van der Waals surface area contributed by atoms with Gasteiger partial charge in [-0.3, -0.25) is 10.00 Å². The highest BCUT2D eigenvalue weighted by Gasteiger charge is 2.34. The molecule has 1 aromatic carbocycles. The van der Waals surface area contributed by atoms with Crippen molar-refractivity contribution in [3.05, 3.63) is 53.6 Å². The minimum Gasteiger partial charge on any atom is -0.380 e. The number of halogens is 2. The van der Waals surface area contributed by atoms with Gasteiger partial charge in [-0.2, -0.15) is 5.10 Å². The summed E-state index contributed by atoms with van der Waals surface area (Å²) in [6.07, 6.45) is 5.95. The van der Waals surface area contributed by atoms with Crippen LogP contribution in [0.2, 0.25) is 0 Å². The average molecular weight is 320 g/mol. The molecule has 1 fully saturated rings. The lowest BCUT2D eigenvalue weighted by atomic mass is 10.2. The summed E-state index contributed by atoms with van der Waals surface area (Å²) in [7, 11) is 1.69. The van der Waals surface area contributed by atoms with E-state index in [1.165, 1.54) is 18.5 Å². The lowest BCUT2D eigenvalue weighted by Crippen LogP contribution is -2.25. The summed E-state index contributed by atoms with van der Waals surface area (Å²) in [5.74, 6) is -0.345. The van der Waals surface area contributed by atoms with Crippen LogP contribution in [0.4, 0.5) is 8.78 Å². The van der Waals surface area contributed by atoms with Crippen LogP contribution in [-0.4, -0.2) is 46.4 Å². The van der Waals surface area contributed by atoms with E-state index in [0.29, 0.717) is 12.1 Å².